The lowest BCUT2D eigenvalue weighted by molar-refractivity contribution is -0.173. The first-order valence-electron chi connectivity index (χ1n) is 7.49. The monoisotopic (exact) mass is 328 g/mol. The quantitative estimate of drug-likeness (QED) is 0.927. The summed E-state index contributed by atoms with van der Waals surface area (Å²) in [5.74, 6) is -2.00. The maximum Gasteiger partial charge on any atom is 0.471 e. The lowest BCUT2D eigenvalue weighted by atomic mass is 9.96. The minimum Gasteiger partial charge on any atom is -0.348 e. The molecular weight excluding hydrogens is 309 g/mol. The van der Waals surface area contributed by atoms with Crippen LogP contribution in [0.3, 0.4) is 0 Å². The summed E-state index contributed by atoms with van der Waals surface area (Å²) in [6.07, 6.45) is -3.69. The number of aryl methyl sites for hydroxylation is 1. The van der Waals surface area contributed by atoms with Crippen LogP contribution in [0.4, 0.5) is 13.2 Å². The standard InChI is InChI=1S/C16H19F3N2O2/c1-11-4-2-3-5-13(11)14(22)21-8-6-12(7-9-21)10-20-15(23)16(17,18)19/h2-5,12H,6-10H2,1H3,(H,20,23). The number of piperidine rings is 1. The van der Waals surface area contributed by atoms with Crippen LogP contribution in [0.15, 0.2) is 24.3 Å². The van der Waals surface area contributed by atoms with E-state index in [0.717, 1.165) is 5.56 Å². The number of hydrogen-bond acceptors (Lipinski definition) is 2. The minimum absolute atomic E-state index is 0.00919. The Morgan fingerprint density at radius 3 is 2.39 bits per heavy atom. The van der Waals surface area contributed by atoms with Gasteiger partial charge in [-0.1, -0.05) is 18.2 Å². The summed E-state index contributed by atoms with van der Waals surface area (Å²) < 4.78 is 36.4. The van der Waals surface area contributed by atoms with Gasteiger partial charge in [0.05, 0.1) is 0 Å². The second-order valence-corrected chi connectivity index (χ2v) is 5.76. The van der Waals surface area contributed by atoms with Crippen molar-refractivity contribution >= 4 is 11.8 Å². The Balaban J connectivity index is 1.83. The smallest absolute Gasteiger partial charge is 0.348 e. The van der Waals surface area contributed by atoms with E-state index in [4.69, 9.17) is 0 Å². The van der Waals surface area contributed by atoms with Crippen LogP contribution in [-0.4, -0.2) is 42.5 Å². The fourth-order valence-electron chi connectivity index (χ4n) is 2.66. The van der Waals surface area contributed by atoms with Gasteiger partial charge in [-0.2, -0.15) is 13.2 Å². The second-order valence-electron chi connectivity index (χ2n) is 5.76. The van der Waals surface area contributed by atoms with Crippen LogP contribution in [0.25, 0.3) is 0 Å². The maximum absolute atomic E-state index is 12.4. The van der Waals surface area contributed by atoms with Gasteiger partial charge < -0.3 is 10.2 Å². The lowest BCUT2D eigenvalue weighted by Crippen LogP contribution is -2.44. The Morgan fingerprint density at radius 2 is 1.83 bits per heavy atom. The van der Waals surface area contributed by atoms with Crippen LogP contribution in [-0.2, 0) is 4.79 Å². The summed E-state index contributed by atoms with van der Waals surface area (Å²) in [5.41, 5.74) is 1.55. The highest BCUT2D eigenvalue weighted by Crippen LogP contribution is 2.20. The number of halogens is 3. The van der Waals surface area contributed by atoms with Gasteiger partial charge in [0, 0.05) is 25.2 Å². The molecule has 0 spiro atoms. The molecule has 1 aromatic carbocycles. The van der Waals surface area contributed by atoms with E-state index in [-0.39, 0.29) is 18.4 Å². The topological polar surface area (TPSA) is 49.4 Å². The normalized spacial score (nSPS) is 16.3. The van der Waals surface area contributed by atoms with E-state index in [1.54, 1.807) is 17.0 Å². The first-order chi connectivity index (χ1) is 10.8. The van der Waals surface area contributed by atoms with E-state index in [9.17, 15) is 22.8 Å². The van der Waals surface area contributed by atoms with Crippen molar-refractivity contribution in [3.8, 4) is 0 Å². The van der Waals surface area contributed by atoms with Crippen LogP contribution < -0.4 is 5.32 Å². The number of carbonyl (C=O) groups excluding carboxylic acids is 2. The molecule has 0 bridgehead atoms. The molecule has 1 saturated heterocycles. The third kappa shape index (κ3) is 4.46. The van der Waals surface area contributed by atoms with Crippen molar-refractivity contribution in [3.05, 3.63) is 35.4 Å². The molecule has 0 aromatic heterocycles. The number of rotatable bonds is 3. The van der Waals surface area contributed by atoms with E-state index in [0.29, 0.717) is 31.5 Å². The van der Waals surface area contributed by atoms with Gasteiger partial charge in [-0.25, -0.2) is 0 Å². The third-order valence-electron chi connectivity index (χ3n) is 4.09. The molecule has 1 aliphatic heterocycles. The molecule has 0 unspecified atom stereocenters. The summed E-state index contributed by atoms with van der Waals surface area (Å²) in [6.45, 7) is 2.83. The SMILES string of the molecule is Cc1ccccc1C(=O)N1CCC(CNC(=O)C(F)(F)F)CC1. The zero-order chi connectivity index (χ0) is 17.0. The van der Waals surface area contributed by atoms with E-state index >= 15 is 0 Å². The zero-order valence-electron chi connectivity index (χ0n) is 12.8. The first-order valence-corrected chi connectivity index (χ1v) is 7.49. The zero-order valence-corrected chi connectivity index (χ0v) is 12.8. The molecule has 23 heavy (non-hydrogen) atoms. The molecular formula is C16H19F3N2O2. The van der Waals surface area contributed by atoms with Crippen LogP contribution in [0.5, 0.6) is 0 Å². The molecule has 7 heteroatoms. The molecule has 0 atom stereocenters. The average Bonchev–Trinajstić information content (AvgIpc) is 2.52. The highest BCUT2D eigenvalue weighted by molar-refractivity contribution is 5.95. The fraction of sp³-hybridized carbons (Fsp3) is 0.500. The number of alkyl halides is 3. The maximum atomic E-state index is 12.4. The van der Waals surface area contributed by atoms with Crippen LogP contribution in [0, 0.1) is 12.8 Å². The van der Waals surface area contributed by atoms with Gasteiger partial charge >= 0.3 is 12.1 Å². The molecule has 1 aromatic rings. The van der Waals surface area contributed by atoms with Crippen molar-refractivity contribution in [3.63, 3.8) is 0 Å². The fourth-order valence-corrected chi connectivity index (χ4v) is 2.66. The molecule has 1 N–H and O–H groups in total. The number of hydrogen-bond donors (Lipinski definition) is 1. The number of nitrogens with zero attached hydrogens (tertiary/aromatic N) is 1. The van der Waals surface area contributed by atoms with Crippen LogP contribution in [0.2, 0.25) is 0 Å². The van der Waals surface area contributed by atoms with E-state index < -0.39 is 12.1 Å². The van der Waals surface area contributed by atoms with Gasteiger partial charge in [-0.3, -0.25) is 9.59 Å². The third-order valence-corrected chi connectivity index (χ3v) is 4.09. The summed E-state index contributed by atoms with van der Waals surface area (Å²) >= 11 is 0. The van der Waals surface area contributed by atoms with Gasteiger partial charge in [0.25, 0.3) is 5.91 Å². The van der Waals surface area contributed by atoms with Crippen molar-refractivity contribution in [2.75, 3.05) is 19.6 Å². The van der Waals surface area contributed by atoms with Crippen LogP contribution >= 0.6 is 0 Å². The van der Waals surface area contributed by atoms with E-state index in [1.165, 1.54) is 0 Å². The largest absolute Gasteiger partial charge is 0.471 e. The molecule has 1 heterocycles. The Labute approximate surface area is 132 Å². The van der Waals surface area contributed by atoms with Gasteiger partial charge in [0.1, 0.15) is 0 Å². The number of carbonyl (C=O) groups is 2. The van der Waals surface area contributed by atoms with Crippen molar-refractivity contribution in [1.29, 1.82) is 0 Å². The molecule has 0 saturated carbocycles. The highest BCUT2D eigenvalue weighted by atomic mass is 19.4. The van der Waals surface area contributed by atoms with Crippen molar-refractivity contribution in [1.82, 2.24) is 10.2 Å². The first kappa shape index (κ1) is 17.3. The molecule has 4 nitrogen and oxygen atoms in total. The number of likely N-dealkylation sites (tertiary alicyclic amines) is 1. The molecule has 126 valence electrons. The van der Waals surface area contributed by atoms with Crippen molar-refractivity contribution in [2.45, 2.75) is 25.9 Å². The molecule has 0 aliphatic carbocycles. The van der Waals surface area contributed by atoms with Crippen molar-refractivity contribution in [2.24, 2.45) is 5.92 Å². The van der Waals surface area contributed by atoms with E-state index in [1.807, 2.05) is 24.4 Å². The number of amides is 2. The van der Waals surface area contributed by atoms with E-state index in [2.05, 4.69) is 0 Å². The van der Waals surface area contributed by atoms with Gasteiger partial charge in [0.2, 0.25) is 0 Å². The van der Waals surface area contributed by atoms with Gasteiger partial charge in [-0.15, -0.1) is 0 Å². The Kier molecular flexibility index (Phi) is 5.28. The summed E-state index contributed by atoms with van der Waals surface area (Å²) in [5, 5.41) is 1.91. The predicted molar refractivity (Wildman–Crippen MR) is 78.9 cm³/mol. The molecule has 0 radical (unpaired) electrons. The predicted octanol–water partition coefficient (Wildman–Crippen LogP) is 2.53. The molecule has 1 aliphatic rings. The van der Waals surface area contributed by atoms with Crippen molar-refractivity contribution < 1.29 is 22.8 Å². The highest BCUT2D eigenvalue weighted by Gasteiger charge is 2.38. The number of benzene rings is 1. The Hall–Kier alpha value is -2.05. The summed E-state index contributed by atoms with van der Waals surface area (Å²) in [7, 11) is 0. The Bertz CT molecular complexity index is 579. The van der Waals surface area contributed by atoms with Gasteiger partial charge in [0.15, 0.2) is 0 Å². The lowest BCUT2D eigenvalue weighted by Gasteiger charge is -2.32. The molecule has 1 fully saturated rings. The minimum atomic E-state index is -4.85. The average molecular weight is 328 g/mol. The van der Waals surface area contributed by atoms with Gasteiger partial charge in [-0.05, 0) is 37.3 Å². The number of nitrogens with one attached hydrogen (secondary N) is 1. The summed E-state index contributed by atoms with van der Waals surface area (Å²) in [4.78, 5) is 24.9. The summed E-state index contributed by atoms with van der Waals surface area (Å²) in [6, 6.07) is 7.31. The second kappa shape index (κ2) is 7.02. The Morgan fingerprint density at radius 1 is 1.22 bits per heavy atom. The van der Waals surface area contributed by atoms with Crippen LogP contribution in [0.1, 0.15) is 28.8 Å². The molecule has 2 rings (SSSR count). The molecule has 2 amide bonds.